The summed E-state index contributed by atoms with van der Waals surface area (Å²) in [5.41, 5.74) is 0. The minimum absolute atomic E-state index is 0.285. The van der Waals surface area contributed by atoms with Crippen molar-refractivity contribution in [1.29, 1.82) is 0 Å². The quantitative estimate of drug-likeness (QED) is 0.366. The smallest absolute Gasteiger partial charge is 0.254 e. The molecule has 0 aromatic carbocycles. The van der Waals surface area contributed by atoms with Gasteiger partial charge in [-0.15, -0.1) is 0 Å². The summed E-state index contributed by atoms with van der Waals surface area (Å²) in [6, 6.07) is 0. The highest BCUT2D eigenvalue weighted by Crippen LogP contribution is 2.33. The molecule has 0 saturated carbocycles. The third-order valence-corrected chi connectivity index (χ3v) is 2.95. The second kappa shape index (κ2) is 5.28. The van der Waals surface area contributed by atoms with Gasteiger partial charge in [0.15, 0.2) is 0 Å². The number of aliphatic hydroxyl groups is 4. The van der Waals surface area contributed by atoms with E-state index in [2.05, 4.69) is 5.32 Å². The molecule has 0 spiro atoms. The number of hydrogen-bond donors (Lipinski definition) is 5. The van der Waals surface area contributed by atoms with Crippen LogP contribution in [0.15, 0.2) is 0 Å². The lowest BCUT2D eigenvalue weighted by molar-refractivity contribution is -0.345. The largest absolute Gasteiger partial charge is 0.394 e. The molecule has 1 saturated heterocycles. The average molecular weight is 249 g/mol. The number of ether oxygens (including phenoxy) is 1. The zero-order valence-electron chi connectivity index (χ0n) is 9.83. The molecule has 5 N–H and O–H groups in total. The van der Waals surface area contributed by atoms with E-state index in [1.165, 1.54) is 6.92 Å². The van der Waals surface area contributed by atoms with E-state index < -0.39 is 42.7 Å². The summed E-state index contributed by atoms with van der Waals surface area (Å²) in [5.74, 6) is -3.48. The van der Waals surface area contributed by atoms with E-state index in [1.54, 1.807) is 6.92 Å². The van der Waals surface area contributed by atoms with Gasteiger partial charge in [0, 0.05) is 6.92 Å². The van der Waals surface area contributed by atoms with Crippen LogP contribution in [0.4, 0.5) is 0 Å². The van der Waals surface area contributed by atoms with Crippen LogP contribution in [0.25, 0.3) is 0 Å². The van der Waals surface area contributed by atoms with Crippen LogP contribution < -0.4 is 5.32 Å². The van der Waals surface area contributed by atoms with Crippen molar-refractivity contribution in [3.05, 3.63) is 0 Å². The fourth-order valence-electron chi connectivity index (χ4n) is 2.12. The van der Waals surface area contributed by atoms with Gasteiger partial charge < -0.3 is 30.5 Å². The molecular formula is C10H19NO6. The molecule has 17 heavy (non-hydrogen) atoms. The Hall–Kier alpha value is -0.730. The van der Waals surface area contributed by atoms with Crippen LogP contribution in [-0.2, 0) is 9.53 Å². The fourth-order valence-corrected chi connectivity index (χ4v) is 2.12. The highest BCUT2D eigenvalue weighted by molar-refractivity contribution is 5.73. The van der Waals surface area contributed by atoms with Crippen molar-refractivity contribution in [2.24, 2.45) is 5.92 Å². The Morgan fingerprint density at radius 3 is 2.41 bits per heavy atom. The number of carbonyl (C=O) groups excluding carboxylic acids is 1. The highest BCUT2D eigenvalue weighted by atomic mass is 16.7. The first-order valence-electron chi connectivity index (χ1n) is 5.51. The number of hydrogen-bond acceptors (Lipinski definition) is 6. The van der Waals surface area contributed by atoms with Crippen LogP contribution in [0.2, 0.25) is 0 Å². The topological polar surface area (TPSA) is 119 Å². The Morgan fingerprint density at radius 1 is 1.41 bits per heavy atom. The molecule has 1 heterocycles. The Balaban J connectivity index is 2.96. The number of aliphatic hydroxyl groups excluding tert-OH is 3. The molecule has 1 aliphatic heterocycles. The second-order valence-electron chi connectivity index (χ2n) is 4.21. The zero-order valence-corrected chi connectivity index (χ0v) is 9.83. The molecule has 1 aliphatic rings. The van der Waals surface area contributed by atoms with E-state index >= 15 is 0 Å². The molecule has 1 amide bonds. The van der Waals surface area contributed by atoms with E-state index in [-0.39, 0.29) is 6.42 Å². The normalized spacial score (nSPS) is 42.2. The van der Waals surface area contributed by atoms with Crippen molar-refractivity contribution in [3.8, 4) is 0 Å². The van der Waals surface area contributed by atoms with E-state index in [4.69, 9.17) is 9.84 Å². The monoisotopic (exact) mass is 249 g/mol. The molecule has 0 radical (unpaired) electrons. The third-order valence-electron chi connectivity index (χ3n) is 2.95. The van der Waals surface area contributed by atoms with Crippen molar-refractivity contribution in [3.63, 3.8) is 0 Å². The molecule has 1 rings (SSSR count). The third kappa shape index (κ3) is 2.75. The predicted octanol–water partition coefficient (Wildman–Crippen LogP) is -2.09. The van der Waals surface area contributed by atoms with Crippen LogP contribution in [0.3, 0.4) is 0 Å². The van der Waals surface area contributed by atoms with E-state index in [1.807, 2.05) is 0 Å². The molecule has 7 nitrogen and oxygen atoms in total. The number of rotatable bonds is 3. The van der Waals surface area contributed by atoms with Gasteiger partial charge >= 0.3 is 0 Å². The van der Waals surface area contributed by atoms with Gasteiger partial charge in [-0.1, -0.05) is 6.92 Å². The summed E-state index contributed by atoms with van der Waals surface area (Å²) in [6.45, 7) is 2.30. The minimum Gasteiger partial charge on any atom is -0.394 e. The SMILES string of the molecule is CC[C@@H]1[C@@H](O)[C@@H](O)[C@@H](CO)OC1(O)NC(C)=O. The zero-order chi connectivity index (χ0) is 13.2. The molecule has 0 aromatic heterocycles. The Bertz CT molecular complexity index is 286. The number of carbonyl (C=O) groups is 1. The lowest BCUT2D eigenvalue weighted by Gasteiger charge is -2.47. The van der Waals surface area contributed by atoms with Gasteiger partial charge in [-0.2, -0.15) is 0 Å². The van der Waals surface area contributed by atoms with E-state index in [0.29, 0.717) is 0 Å². The lowest BCUT2D eigenvalue weighted by atomic mass is 9.86. The Morgan fingerprint density at radius 2 is 2.00 bits per heavy atom. The standard InChI is InChI=1S/C10H19NO6/c1-3-6-8(14)9(15)7(4-12)17-10(6,16)11-5(2)13/h6-9,12,14-16H,3-4H2,1-2H3,(H,11,13)/t6-,7-,8-,9+,10?/m1/s1. The van der Waals surface area contributed by atoms with Gasteiger partial charge in [0.25, 0.3) is 5.91 Å². The maximum absolute atomic E-state index is 11.0. The lowest BCUT2D eigenvalue weighted by Crippen LogP contribution is -2.68. The summed E-state index contributed by atoms with van der Waals surface area (Å²) in [7, 11) is 0. The van der Waals surface area contributed by atoms with Gasteiger partial charge in [0.2, 0.25) is 5.91 Å². The molecule has 0 aliphatic carbocycles. The summed E-state index contributed by atoms with van der Waals surface area (Å²) < 4.78 is 5.08. The highest BCUT2D eigenvalue weighted by Gasteiger charge is 2.52. The van der Waals surface area contributed by atoms with Crippen LogP contribution in [0, 0.1) is 5.92 Å². The minimum atomic E-state index is -2.08. The first-order chi connectivity index (χ1) is 7.85. The summed E-state index contributed by atoms with van der Waals surface area (Å²) in [4.78, 5) is 11.0. The van der Waals surface area contributed by atoms with Gasteiger partial charge in [-0.3, -0.25) is 4.79 Å². The second-order valence-corrected chi connectivity index (χ2v) is 4.21. The number of amides is 1. The van der Waals surface area contributed by atoms with Gasteiger partial charge in [0.1, 0.15) is 12.2 Å². The van der Waals surface area contributed by atoms with Crippen molar-refractivity contribution in [2.45, 2.75) is 44.5 Å². The van der Waals surface area contributed by atoms with E-state index in [0.717, 1.165) is 0 Å². The van der Waals surface area contributed by atoms with Gasteiger partial charge in [-0.25, -0.2) is 0 Å². The van der Waals surface area contributed by atoms with Crippen LogP contribution in [0.1, 0.15) is 20.3 Å². The molecule has 1 unspecified atom stereocenters. The molecule has 5 atom stereocenters. The first kappa shape index (κ1) is 14.3. The molecule has 0 aromatic rings. The average Bonchev–Trinajstić information content (AvgIpc) is 2.23. The first-order valence-corrected chi connectivity index (χ1v) is 5.51. The van der Waals surface area contributed by atoms with Crippen molar-refractivity contribution < 1.29 is 30.0 Å². The van der Waals surface area contributed by atoms with Crippen LogP contribution >= 0.6 is 0 Å². The van der Waals surface area contributed by atoms with Crippen molar-refractivity contribution in [2.75, 3.05) is 6.61 Å². The van der Waals surface area contributed by atoms with Gasteiger partial charge in [-0.05, 0) is 6.42 Å². The summed E-state index contributed by atoms with van der Waals surface area (Å²) >= 11 is 0. The maximum atomic E-state index is 11.0. The van der Waals surface area contributed by atoms with Crippen molar-refractivity contribution >= 4 is 5.91 Å². The summed E-state index contributed by atoms with van der Waals surface area (Å²) in [5, 5.41) is 40.8. The van der Waals surface area contributed by atoms with Crippen molar-refractivity contribution in [1.82, 2.24) is 5.32 Å². The molecule has 100 valence electrons. The molecule has 1 fully saturated rings. The number of nitrogens with one attached hydrogen (secondary N) is 1. The van der Waals surface area contributed by atoms with E-state index in [9.17, 15) is 20.1 Å². The Labute approximate surface area is 99.0 Å². The maximum Gasteiger partial charge on any atom is 0.254 e. The Kier molecular flexibility index (Phi) is 4.45. The predicted molar refractivity (Wildman–Crippen MR) is 56.5 cm³/mol. The van der Waals surface area contributed by atoms with Crippen LogP contribution in [0.5, 0.6) is 0 Å². The van der Waals surface area contributed by atoms with Crippen LogP contribution in [-0.4, -0.2) is 57.2 Å². The molecule has 0 bridgehead atoms. The fraction of sp³-hybridized carbons (Fsp3) is 0.900. The molecule has 7 heteroatoms. The molecular weight excluding hydrogens is 230 g/mol. The summed E-state index contributed by atoms with van der Waals surface area (Å²) in [6.07, 6.45) is -3.46. The van der Waals surface area contributed by atoms with Gasteiger partial charge in [0.05, 0.1) is 18.6 Å².